The number of aromatic nitrogens is 3. The molecule has 0 N–H and O–H groups in total. The molecule has 2 aromatic heterocycles. The summed E-state index contributed by atoms with van der Waals surface area (Å²) in [6.07, 6.45) is 0. The predicted molar refractivity (Wildman–Crippen MR) is 150 cm³/mol. The number of hydrogen-bond acceptors (Lipinski definition) is 5. The number of esters is 1. The Balaban J connectivity index is 1.79. The molecule has 0 bridgehead atoms. The fourth-order valence-electron chi connectivity index (χ4n) is 4.32. The van der Waals surface area contributed by atoms with Gasteiger partial charge in [0.15, 0.2) is 5.65 Å². The molecule has 5 aromatic rings. The van der Waals surface area contributed by atoms with Crippen LogP contribution in [0.5, 0.6) is 0 Å². The van der Waals surface area contributed by atoms with E-state index in [1.807, 2.05) is 66.7 Å². The van der Waals surface area contributed by atoms with Gasteiger partial charge in [-0.1, -0.05) is 103 Å². The van der Waals surface area contributed by atoms with Crippen molar-refractivity contribution in [3.63, 3.8) is 0 Å². The van der Waals surface area contributed by atoms with Crippen molar-refractivity contribution >= 4 is 45.0 Å². The van der Waals surface area contributed by atoms with E-state index in [9.17, 15) is 4.79 Å². The monoisotopic (exact) mass is 574 g/mol. The van der Waals surface area contributed by atoms with E-state index in [-0.39, 0.29) is 17.3 Å². The number of fused-ring (bicyclic) bond motifs is 1. The highest BCUT2D eigenvalue weighted by molar-refractivity contribution is 9.10. The van der Waals surface area contributed by atoms with Gasteiger partial charge in [0, 0.05) is 13.1 Å². The lowest BCUT2D eigenvalue weighted by molar-refractivity contribution is 0.0527. The third-order valence-corrected chi connectivity index (χ3v) is 6.76. The Bertz CT molecular complexity index is 1480. The van der Waals surface area contributed by atoms with E-state index in [1.54, 1.807) is 11.4 Å². The van der Waals surface area contributed by atoms with Crippen LogP contribution in [0.3, 0.4) is 0 Å². The lowest BCUT2D eigenvalue weighted by Gasteiger charge is -2.28. The van der Waals surface area contributed by atoms with Crippen molar-refractivity contribution in [3.05, 3.63) is 117 Å². The van der Waals surface area contributed by atoms with Gasteiger partial charge in [0.25, 0.3) is 0 Å². The predicted octanol–water partition coefficient (Wildman–Crippen LogP) is 7.20. The minimum absolute atomic E-state index is 0.236. The van der Waals surface area contributed by atoms with Gasteiger partial charge in [-0.05, 0) is 39.5 Å². The van der Waals surface area contributed by atoms with Gasteiger partial charge in [-0.2, -0.15) is 9.61 Å². The maximum Gasteiger partial charge on any atom is 0.344 e. The van der Waals surface area contributed by atoms with Crippen molar-refractivity contribution in [2.45, 2.75) is 20.0 Å². The van der Waals surface area contributed by atoms with Gasteiger partial charge in [0.05, 0.1) is 12.2 Å². The Hall–Kier alpha value is -3.68. The van der Waals surface area contributed by atoms with Crippen LogP contribution in [-0.4, -0.2) is 27.2 Å². The van der Waals surface area contributed by atoms with E-state index in [1.165, 1.54) is 0 Å². The Morgan fingerprint density at radius 2 is 1.46 bits per heavy atom. The third kappa shape index (κ3) is 5.24. The van der Waals surface area contributed by atoms with Gasteiger partial charge in [-0.15, -0.1) is 0 Å². The highest BCUT2D eigenvalue weighted by Crippen LogP contribution is 2.39. The summed E-state index contributed by atoms with van der Waals surface area (Å²) < 4.78 is 7.34. The first-order valence-corrected chi connectivity index (χ1v) is 13.1. The number of rotatable bonds is 8. The molecule has 0 spiro atoms. The molecular formula is C29H24BrClN4O2. The lowest BCUT2D eigenvalue weighted by atomic mass is 10.1. The van der Waals surface area contributed by atoms with E-state index in [4.69, 9.17) is 21.4 Å². The first kappa shape index (κ1) is 25.0. The molecule has 0 amide bonds. The molecular weight excluding hydrogens is 552 g/mol. The van der Waals surface area contributed by atoms with Gasteiger partial charge in [0.2, 0.25) is 0 Å². The molecule has 0 radical (unpaired) electrons. The van der Waals surface area contributed by atoms with Crippen LogP contribution in [0, 0.1) is 0 Å². The summed E-state index contributed by atoms with van der Waals surface area (Å²) in [7, 11) is 0. The summed E-state index contributed by atoms with van der Waals surface area (Å²) in [5, 5.41) is 4.99. The van der Waals surface area contributed by atoms with Gasteiger partial charge in [0.1, 0.15) is 21.1 Å². The molecule has 186 valence electrons. The Labute approximate surface area is 228 Å². The molecule has 0 fully saturated rings. The highest BCUT2D eigenvalue weighted by Gasteiger charge is 2.28. The highest BCUT2D eigenvalue weighted by atomic mass is 79.9. The van der Waals surface area contributed by atoms with E-state index >= 15 is 0 Å². The minimum atomic E-state index is -0.510. The number of halogens is 2. The van der Waals surface area contributed by atoms with Gasteiger partial charge < -0.3 is 9.64 Å². The van der Waals surface area contributed by atoms with E-state index in [2.05, 4.69) is 50.1 Å². The van der Waals surface area contributed by atoms with Crippen molar-refractivity contribution in [3.8, 4) is 11.1 Å². The molecule has 6 nitrogen and oxygen atoms in total. The van der Waals surface area contributed by atoms with Gasteiger partial charge in [-0.3, -0.25) is 0 Å². The molecule has 3 aromatic carbocycles. The maximum atomic E-state index is 12.9. The first-order valence-electron chi connectivity index (χ1n) is 11.9. The zero-order valence-electron chi connectivity index (χ0n) is 20.1. The molecule has 5 rings (SSSR count). The van der Waals surface area contributed by atoms with Crippen LogP contribution >= 0.6 is 27.5 Å². The summed E-state index contributed by atoms with van der Waals surface area (Å²) in [4.78, 5) is 19.7. The standard InChI is InChI=1S/C29H24BrClN4O2/c1-2-37-29(36)24-25(30)33-35-27(24)32-26(31)23(22-16-10-5-11-17-22)28(35)34(18-20-12-6-3-7-13-20)19-21-14-8-4-9-15-21/h3-17H,2,18-19H2,1H3. The number of carbonyl (C=O) groups is 1. The van der Waals surface area contributed by atoms with Crippen LogP contribution in [0.2, 0.25) is 5.15 Å². The number of ether oxygens (including phenoxy) is 1. The fourth-order valence-corrected chi connectivity index (χ4v) is 5.09. The van der Waals surface area contributed by atoms with Crippen molar-refractivity contribution in [1.82, 2.24) is 14.6 Å². The van der Waals surface area contributed by atoms with Crippen LogP contribution in [0.15, 0.2) is 95.6 Å². The quantitative estimate of drug-likeness (QED) is 0.145. The maximum absolute atomic E-state index is 12.9. The summed E-state index contributed by atoms with van der Waals surface area (Å²) in [6.45, 7) is 3.16. The largest absolute Gasteiger partial charge is 0.462 e. The topological polar surface area (TPSA) is 59.7 Å². The molecule has 0 aliphatic rings. The zero-order valence-corrected chi connectivity index (χ0v) is 22.5. The van der Waals surface area contributed by atoms with Crippen molar-refractivity contribution in [2.24, 2.45) is 0 Å². The summed E-state index contributed by atoms with van der Waals surface area (Å²) in [5.74, 6) is 0.217. The molecule has 0 atom stereocenters. The second-order valence-corrected chi connectivity index (χ2v) is 9.53. The molecule has 0 aliphatic carbocycles. The molecule has 0 saturated heterocycles. The summed E-state index contributed by atoms with van der Waals surface area (Å²) in [5.41, 5.74) is 4.44. The zero-order chi connectivity index (χ0) is 25.8. The van der Waals surface area contributed by atoms with E-state index in [0.717, 1.165) is 28.1 Å². The van der Waals surface area contributed by atoms with Crippen molar-refractivity contribution in [2.75, 3.05) is 11.5 Å². The SMILES string of the molecule is CCOC(=O)c1c(Br)nn2c(N(Cc3ccccc3)Cc3ccccc3)c(-c3ccccc3)c(Cl)nc12. The lowest BCUT2D eigenvalue weighted by Crippen LogP contribution is -2.26. The first-order chi connectivity index (χ1) is 18.1. The second kappa shape index (κ2) is 11.2. The number of hydrogen-bond donors (Lipinski definition) is 0. The molecule has 2 heterocycles. The van der Waals surface area contributed by atoms with Crippen molar-refractivity contribution in [1.29, 1.82) is 0 Å². The molecule has 37 heavy (non-hydrogen) atoms. The number of carbonyl (C=O) groups excluding carboxylic acids is 1. The third-order valence-electron chi connectivity index (χ3n) is 5.93. The minimum Gasteiger partial charge on any atom is -0.462 e. The van der Waals surface area contributed by atoms with Crippen LogP contribution in [0.4, 0.5) is 5.82 Å². The Morgan fingerprint density at radius 3 is 2.00 bits per heavy atom. The van der Waals surface area contributed by atoms with Gasteiger partial charge in [-0.25, -0.2) is 9.78 Å². The van der Waals surface area contributed by atoms with E-state index < -0.39 is 5.97 Å². The van der Waals surface area contributed by atoms with E-state index in [0.29, 0.717) is 23.3 Å². The Kier molecular flexibility index (Phi) is 7.53. The summed E-state index contributed by atoms with van der Waals surface area (Å²) >= 11 is 10.4. The van der Waals surface area contributed by atoms with Gasteiger partial charge >= 0.3 is 5.97 Å². The molecule has 0 aliphatic heterocycles. The van der Waals surface area contributed by atoms with Crippen LogP contribution in [0.1, 0.15) is 28.4 Å². The average molecular weight is 576 g/mol. The smallest absolute Gasteiger partial charge is 0.344 e. The summed E-state index contributed by atoms with van der Waals surface area (Å²) in [6, 6.07) is 30.3. The number of anilines is 1. The number of benzene rings is 3. The average Bonchev–Trinajstić information content (AvgIpc) is 3.24. The van der Waals surface area contributed by atoms with Crippen LogP contribution in [-0.2, 0) is 17.8 Å². The van der Waals surface area contributed by atoms with Crippen LogP contribution < -0.4 is 4.90 Å². The fraction of sp³-hybridized carbons (Fsp3) is 0.138. The molecule has 8 heteroatoms. The normalized spacial score (nSPS) is 11.0. The molecule has 0 saturated carbocycles. The van der Waals surface area contributed by atoms with Crippen LogP contribution in [0.25, 0.3) is 16.8 Å². The van der Waals surface area contributed by atoms with Crippen molar-refractivity contribution < 1.29 is 9.53 Å². The molecule has 0 unspecified atom stereocenters. The Morgan fingerprint density at radius 1 is 0.919 bits per heavy atom. The number of nitrogens with zero attached hydrogens (tertiary/aromatic N) is 4. The second-order valence-electron chi connectivity index (χ2n) is 8.42.